The molecule has 2 unspecified atom stereocenters. The Bertz CT molecular complexity index is 151. The molecular formula is C7H15NO2S. The largest absolute Gasteiger partial charge is 0.306 e. The molecule has 2 atom stereocenters. The van der Waals surface area contributed by atoms with E-state index >= 15 is 0 Å². The zero-order valence-corrected chi connectivity index (χ0v) is 7.64. The zero-order valence-electron chi connectivity index (χ0n) is 6.82. The molecule has 0 bridgehead atoms. The molecule has 1 heterocycles. The van der Waals surface area contributed by atoms with Gasteiger partial charge in [0.15, 0.2) is 11.1 Å². The van der Waals surface area contributed by atoms with Gasteiger partial charge in [-0.2, -0.15) is 0 Å². The van der Waals surface area contributed by atoms with E-state index in [9.17, 15) is 4.21 Å². The highest BCUT2D eigenvalue weighted by Crippen LogP contribution is 2.15. The summed E-state index contributed by atoms with van der Waals surface area (Å²) in [5.41, 5.74) is 0. The summed E-state index contributed by atoms with van der Waals surface area (Å²) in [6.07, 6.45) is 2.27. The summed E-state index contributed by atoms with van der Waals surface area (Å²) in [6, 6.07) is 0. The van der Waals surface area contributed by atoms with Crippen molar-refractivity contribution in [1.29, 1.82) is 0 Å². The van der Waals surface area contributed by atoms with Gasteiger partial charge in [0.2, 0.25) is 0 Å². The van der Waals surface area contributed by atoms with E-state index in [4.69, 9.17) is 4.55 Å². The summed E-state index contributed by atoms with van der Waals surface area (Å²) in [4.78, 5) is 2.22. The number of hydrogen-bond donors (Lipinski definition) is 1. The third-order valence-corrected chi connectivity index (χ3v) is 2.86. The first-order chi connectivity index (χ1) is 5.18. The molecule has 0 aromatic rings. The lowest BCUT2D eigenvalue weighted by atomic mass is 10.0. The van der Waals surface area contributed by atoms with Crippen LogP contribution in [0.1, 0.15) is 12.8 Å². The van der Waals surface area contributed by atoms with Crippen molar-refractivity contribution >= 4 is 11.1 Å². The molecule has 1 N–H and O–H groups in total. The molecular weight excluding hydrogens is 162 g/mol. The lowest BCUT2D eigenvalue weighted by molar-refractivity contribution is 0.222. The Morgan fingerprint density at radius 2 is 2.45 bits per heavy atom. The zero-order chi connectivity index (χ0) is 8.27. The van der Waals surface area contributed by atoms with Crippen molar-refractivity contribution in [2.45, 2.75) is 12.8 Å². The van der Waals surface area contributed by atoms with Gasteiger partial charge in [0.1, 0.15) is 0 Å². The van der Waals surface area contributed by atoms with Crippen LogP contribution in [0.4, 0.5) is 0 Å². The minimum atomic E-state index is -1.60. The Hall–Kier alpha value is 0.0700. The number of hydrogen-bond acceptors (Lipinski definition) is 2. The molecule has 0 saturated carbocycles. The number of piperidine rings is 1. The van der Waals surface area contributed by atoms with E-state index in [2.05, 4.69) is 11.9 Å². The quantitative estimate of drug-likeness (QED) is 0.626. The molecule has 0 radical (unpaired) electrons. The minimum Gasteiger partial charge on any atom is -0.306 e. The summed E-state index contributed by atoms with van der Waals surface area (Å²) in [5.74, 6) is 0.879. The van der Waals surface area contributed by atoms with Gasteiger partial charge in [-0.15, -0.1) is 0 Å². The summed E-state index contributed by atoms with van der Waals surface area (Å²) in [5, 5.41) is 0. The van der Waals surface area contributed by atoms with Crippen LogP contribution in [0.5, 0.6) is 0 Å². The molecule has 0 spiro atoms. The van der Waals surface area contributed by atoms with Crippen LogP contribution in [0.15, 0.2) is 0 Å². The molecule has 0 aliphatic carbocycles. The molecule has 3 nitrogen and oxygen atoms in total. The Balaban J connectivity index is 2.28. The predicted molar refractivity (Wildman–Crippen MR) is 45.9 cm³/mol. The minimum absolute atomic E-state index is 0.430. The van der Waals surface area contributed by atoms with E-state index in [1.165, 1.54) is 6.42 Å². The highest BCUT2D eigenvalue weighted by molar-refractivity contribution is 7.79. The van der Waals surface area contributed by atoms with E-state index in [-0.39, 0.29) is 0 Å². The van der Waals surface area contributed by atoms with E-state index in [1.807, 2.05) is 0 Å². The maximum Gasteiger partial charge on any atom is 0.153 e. The van der Waals surface area contributed by atoms with E-state index in [0.29, 0.717) is 11.7 Å². The fraction of sp³-hybridized carbons (Fsp3) is 1.00. The second kappa shape index (κ2) is 4.18. The molecule has 1 rings (SSSR count). The molecule has 66 valence electrons. The Kier molecular flexibility index (Phi) is 3.48. The van der Waals surface area contributed by atoms with Crippen LogP contribution in [-0.2, 0) is 11.1 Å². The number of likely N-dealkylation sites (tertiary alicyclic amines) is 1. The van der Waals surface area contributed by atoms with Crippen molar-refractivity contribution in [3.8, 4) is 0 Å². The highest BCUT2D eigenvalue weighted by Gasteiger charge is 2.18. The fourth-order valence-corrected chi connectivity index (χ4v) is 2.29. The molecule has 11 heavy (non-hydrogen) atoms. The van der Waals surface area contributed by atoms with Crippen LogP contribution in [0.3, 0.4) is 0 Å². The van der Waals surface area contributed by atoms with E-state index < -0.39 is 11.1 Å². The average Bonchev–Trinajstić information content (AvgIpc) is 1.85. The summed E-state index contributed by atoms with van der Waals surface area (Å²) in [7, 11) is 2.06. The fourth-order valence-electron chi connectivity index (χ4n) is 1.61. The van der Waals surface area contributed by atoms with Crippen LogP contribution in [0, 0.1) is 5.92 Å². The first-order valence-electron chi connectivity index (χ1n) is 3.94. The molecule has 0 aromatic heterocycles. The van der Waals surface area contributed by atoms with Crippen LogP contribution in [-0.4, -0.2) is 39.6 Å². The standard InChI is InChI=1S/C7H15NO2S/c1-8-4-2-3-7(5-8)6-11(9)10/h7H,2-6H2,1H3,(H,9,10). The second-order valence-electron chi connectivity index (χ2n) is 3.26. The van der Waals surface area contributed by atoms with Gasteiger partial charge in [0.25, 0.3) is 0 Å². The van der Waals surface area contributed by atoms with Crippen molar-refractivity contribution in [3.05, 3.63) is 0 Å². The summed E-state index contributed by atoms with van der Waals surface area (Å²) >= 11 is -1.60. The van der Waals surface area contributed by atoms with E-state index in [1.54, 1.807) is 0 Å². The summed E-state index contributed by atoms with van der Waals surface area (Å²) < 4.78 is 19.1. The molecule has 0 amide bonds. The predicted octanol–water partition coefficient (Wildman–Crippen LogP) is 0.550. The molecule has 1 saturated heterocycles. The van der Waals surface area contributed by atoms with Crippen molar-refractivity contribution in [2.24, 2.45) is 5.92 Å². The normalized spacial score (nSPS) is 30.2. The maximum absolute atomic E-state index is 10.5. The maximum atomic E-state index is 10.5. The topological polar surface area (TPSA) is 40.5 Å². The SMILES string of the molecule is CN1CCCC(CS(=O)O)C1. The smallest absolute Gasteiger partial charge is 0.153 e. The van der Waals surface area contributed by atoms with Crippen molar-refractivity contribution in [2.75, 3.05) is 25.9 Å². The first-order valence-corrected chi connectivity index (χ1v) is 5.22. The van der Waals surface area contributed by atoms with Crippen molar-refractivity contribution in [1.82, 2.24) is 4.90 Å². The molecule has 0 aromatic carbocycles. The molecule has 1 fully saturated rings. The Labute approximate surface area is 70.1 Å². The Morgan fingerprint density at radius 3 is 3.00 bits per heavy atom. The number of rotatable bonds is 2. The van der Waals surface area contributed by atoms with Gasteiger partial charge in [-0.05, 0) is 32.4 Å². The van der Waals surface area contributed by atoms with Crippen LogP contribution in [0.25, 0.3) is 0 Å². The van der Waals surface area contributed by atoms with Gasteiger partial charge in [-0.25, -0.2) is 4.21 Å². The monoisotopic (exact) mass is 177 g/mol. The summed E-state index contributed by atoms with van der Waals surface area (Å²) in [6.45, 7) is 2.11. The molecule has 1 aliphatic heterocycles. The van der Waals surface area contributed by atoms with Gasteiger partial charge >= 0.3 is 0 Å². The third kappa shape index (κ3) is 3.31. The highest BCUT2D eigenvalue weighted by atomic mass is 32.2. The lowest BCUT2D eigenvalue weighted by Crippen LogP contribution is -2.34. The second-order valence-corrected chi connectivity index (χ2v) is 4.23. The van der Waals surface area contributed by atoms with Crippen LogP contribution in [0.2, 0.25) is 0 Å². The first kappa shape index (κ1) is 9.16. The van der Waals surface area contributed by atoms with Gasteiger partial charge in [-0.3, -0.25) is 0 Å². The molecule has 4 heteroatoms. The van der Waals surface area contributed by atoms with Gasteiger partial charge in [0.05, 0.1) is 5.75 Å². The van der Waals surface area contributed by atoms with Crippen molar-refractivity contribution < 1.29 is 8.76 Å². The van der Waals surface area contributed by atoms with Crippen LogP contribution >= 0.6 is 0 Å². The molecule has 1 aliphatic rings. The Morgan fingerprint density at radius 1 is 1.73 bits per heavy atom. The van der Waals surface area contributed by atoms with Crippen LogP contribution < -0.4 is 0 Å². The van der Waals surface area contributed by atoms with E-state index in [0.717, 1.165) is 19.5 Å². The van der Waals surface area contributed by atoms with Gasteiger partial charge in [-0.1, -0.05) is 0 Å². The third-order valence-electron chi connectivity index (χ3n) is 2.10. The van der Waals surface area contributed by atoms with Gasteiger partial charge < -0.3 is 9.45 Å². The number of nitrogens with zero attached hydrogens (tertiary/aromatic N) is 1. The lowest BCUT2D eigenvalue weighted by Gasteiger charge is -2.28. The van der Waals surface area contributed by atoms with Gasteiger partial charge in [0, 0.05) is 6.54 Å². The average molecular weight is 177 g/mol. The van der Waals surface area contributed by atoms with Crippen molar-refractivity contribution in [3.63, 3.8) is 0 Å².